The third-order valence-corrected chi connectivity index (χ3v) is 6.57. The summed E-state index contributed by atoms with van der Waals surface area (Å²) in [5, 5.41) is 7.06. The molecule has 0 radical (unpaired) electrons. The van der Waals surface area contributed by atoms with E-state index in [0.717, 1.165) is 24.1 Å². The van der Waals surface area contributed by atoms with Gasteiger partial charge in [0, 0.05) is 30.9 Å². The number of piperidine rings is 1. The van der Waals surface area contributed by atoms with Crippen LogP contribution in [0.5, 0.6) is 0 Å². The number of fused-ring (bicyclic) bond motifs is 1. The van der Waals surface area contributed by atoms with Gasteiger partial charge in [0.25, 0.3) is 11.5 Å². The van der Waals surface area contributed by atoms with Crippen molar-refractivity contribution in [3.63, 3.8) is 0 Å². The Morgan fingerprint density at radius 3 is 2.91 bits per heavy atom. The van der Waals surface area contributed by atoms with E-state index in [0.29, 0.717) is 40.9 Å². The van der Waals surface area contributed by atoms with Gasteiger partial charge < -0.3 is 21.3 Å². The molecule has 1 aromatic carbocycles. The molecule has 3 heterocycles. The molecule has 4 rings (SSSR count). The number of carbonyl (C=O) groups excluding carboxylic acids is 1. The summed E-state index contributed by atoms with van der Waals surface area (Å²) in [6.07, 6.45) is 1.94. The summed E-state index contributed by atoms with van der Waals surface area (Å²) in [5.41, 5.74) is 6.28. The number of nitrogens with one attached hydrogen (secondary N) is 2. The first-order valence-corrected chi connectivity index (χ1v) is 11.7. The first kappa shape index (κ1) is 22.8. The van der Waals surface area contributed by atoms with Crippen LogP contribution < -0.4 is 26.8 Å². The Balaban J connectivity index is 1.63. The molecule has 33 heavy (non-hydrogen) atoms. The molecule has 172 valence electrons. The smallest absolute Gasteiger partial charge is 0.279 e. The summed E-state index contributed by atoms with van der Waals surface area (Å²) < 4.78 is 2.66. The van der Waals surface area contributed by atoms with Crippen LogP contribution in [0.25, 0.3) is 10.1 Å². The zero-order valence-corrected chi connectivity index (χ0v) is 19.5. The number of amides is 1. The Kier molecular flexibility index (Phi) is 6.91. The Labute approximate surface area is 196 Å². The highest BCUT2D eigenvalue weighted by Crippen LogP contribution is 2.26. The van der Waals surface area contributed by atoms with Gasteiger partial charge in [-0.15, -0.1) is 17.3 Å². The number of benzene rings is 1. The Hall–Kier alpha value is -3.42. The third-order valence-electron chi connectivity index (χ3n) is 5.53. The maximum Gasteiger partial charge on any atom is 0.279 e. The molecule has 9 nitrogen and oxygen atoms in total. The summed E-state index contributed by atoms with van der Waals surface area (Å²) in [5.74, 6) is 6.77. The van der Waals surface area contributed by atoms with E-state index < -0.39 is 0 Å². The van der Waals surface area contributed by atoms with Crippen LogP contribution in [0.3, 0.4) is 0 Å². The van der Waals surface area contributed by atoms with Crippen molar-refractivity contribution in [3.05, 3.63) is 45.3 Å². The molecular weight excluding hydrogens is 438 g/mol. The van der Waals surface area contributed by atoms with E-state index in [1.54, 1.807) is 20.0 Å². The highest BCUT2D eigenvalue weighted by molar-refractivity contribution is 7.18. The number of nitrogens with zero attached hydrogens (tertiary/aromatic N) is 4. The molecule has 0 saturated carbocycles. The maximum absolute atomic E-state index is 13.3. The quantitative estimate of drug-likeness (QED) is 0.475. The fourth-order valence-corrected chi connectivity index (χ4v) is 4.90. The lowest BCUT2D eigenvalue weighted by atomic mass is 10.1. The molecule has 1 unspecified atom stereocenters. The van der Waals surface area contributed by atoms with Crippen molar-refractivity contribution >= 4 is 39.1 Å². The maximum atomic E-state index is 13.3. The van der Waals surface area contributed by atoms with Gasteiger partial charge in [-0.3, -0.25) is 14.2 Å². The summed E-state index contributed by atoms with van der Waals surface area (Å²) in [6, 6.07) is 7.39. The van der Waals surface area contributed by atoms with Crippen LogP contribution in [-0.4, -0.2) is 46.6 Å². The second-order valence-corrected chi connectivity index (χ2v) is 8.93. The van der Waals surface area contributed by atoms with Gasteiger partial charge in [0.2, 0.25) is 5.95 Å². The van der Waals surface area contributed by atoms with Crippen LogP contribution >= 0.6 is 11.3 Å². The fourth-order valence-electron chi connectivity index (χ4n) is 3.96. The van der Waals surface area contributed by atoms with Gasteiger partial charge in [-0.05, 0) is 31.9 Å². The van der Waals surface area contributed by atoms with Crippen molar-refractivity contribution in [2.75, 3.05) is 30.4 Å². The van der Waals surface area contributed by atoms with Crippen LogP contribution in [0.15, 0.2) is 29.1 Å². The second kappa shape index (κ2) is 10.0. The molecular formula is C23H27N7O2S. The van der Waals surface area contributed by atoms with E-state index in [1.807, 2.05) is 22.8 Å². The largest absolute Gasteiger partial charge is 0.371 e. The first-order valence-electron chi connectivity index (χ1n) is 10.9. The van der Waals surface area contributed by atoms with Crippen molar-refractivity contribution in [2.45, 2.75) is 38.9 Å². The number of rotatable bonds is 6. The summed E-state index contributed by atoms with van der Waals surface area (Å²) >= 11 is 1.39. The van der Waals surface area contributed by atoms with E-state index >= 15 is 0 Å². The third kappa shape index (κ3) is 4.84. The van der Waals surface area contributed by atoms with E-state index in [1.165, 1.54) is 11.3 Å². The van der Waals surface area contributed by atoms with Crippen LogP contribution in [-0.2, 0) is 13.1 Å². The van der Waals surface area contributed by atoms with Gasteiger partial charge in [0.05, 0.1) is 18.5 Å². The fraction of sp³-hybridized carbons (Fsp3) is 0.391. The molecule has 1 aliphatic heterocycles. The van der Waals surface area contributed by atoms with Gasteiger partial charge in [-0.2, -0.15) is 4.98 Å². The number of anilines is 2. The topological polar surface area (TPSA) is 118 Å². The lowest BCUT2D eigenvalue weighted by molar-refractivity contribution is 0.0943. The number of hydrogen-bond donors (Lipinski definition) is 3. The first-order chi connectivity index (χ1) is 16.0. The van der Waals surface area contributed by atoms with Gasteiger partial charge in [-0.1, -0.05) is 18.1 Å². The molecule has 0 spiro atoms. The van der Waals surface area contributed by atoms with Crippen LogP contribution in [0.1, 0.15) is 35.3 Å². The van der Waals surface area contributed by atoms with E-state index in [9.17, 15) is 9.59 Å². The molecule has 4 N–H and O–H groups in total. The Bertz CT molecular complexity index is 1290. The number of imidazole rings is 1. The average Bonchev–Trinajstić information content (AvgIpc) is 3.20. The molecule has 0 bridgehead atoms. The Morgan fingerprint density at radius 2 is 2.15 bits per heavy atom. The molecule has 1 atom stereocenters. The predicted octanol–water partition coefficient (Wildman–Crippen LogP) is 1.78. The average molecular weight is 466 g/mol. The standard InChI is InChI=1S/C23H27N7O2S/c1-3-4-12-30-19(20(25-2)28-23(30)29-11-7-8-15(24)14-29)22(32)26-13-18-27-21(31)16-9-5-6-10-17(16)33-18/h5-6,9-10,15,25H,7-8,11-14,24H2,1-2H3,(H,26,32). The zero-order valence-electron chi connectivity index (χ0n) is 18.7. The molecule has 1 saturated heterocycles. The number of hydrogen-bond acceptors (Lipinski definition) is 8. The molecule has 3 aromatic rings. The molecule has 1 fully saturated rings. The van der Waals surface area contributed by atoms with Crippen molar-refractivity contribution in [1.29, 1.82) is 0 Å². The van der Waals surface area contributed by atoms with Crippen LogP contribution in [0.2, 0.25) is 0 Å². The number of carbonyl (C=O) groups is 1. The lowest BCUT2D eigenvalue weighted by Gasteiger charge is -2.31. The highest BCUT2D eigenvalue weighted by Gasteiger charge is 2.27. The van der Waals surface area contributed by atoms with Gasteiger partial charge in [0.1, 0.15) is 5.01 Å². The minimum Gasteiger partial charge on any atom is -0.371 e. The molecule has 1 aliphatic rings. The number of nitrogens with two attached hydrogens (primary N) is 1. The zero-order chi connectivity index (χ0) is 23.4. The summed E-state index contributed by atoms with van der Waals surface area (Å²) in [6.45, 7) is 3.73. The highest BCUT2D eigenvalue weighted by atomic mass is 32.1. The van der Waals surface area contributed by atoms with E-state index in [4.69, 9.17) is 10.7 Å². The summed E-state index contributed by atoms with van der Waals surface area (Å²) in [7, 11) is 1.73. The summed E-state index contributed by atoms with van der Waals surface area (Å²) in [4.78, 5) is 36.6. The minimum atomic E-state index is -0.313. The van der Waals surface area contributed by atoms with Crippen molar-refractivity contribution in [2.24, 2.45) is 5.73 Å². The molecule has 0 aliphatic carbocycles. The van der Waals surface area contributed by atoms with E-state index in [-0.39, 0.29) is 24.1 Å². The van der Waals surface area contributed by atoms with Gasteiger partial charge >= 0.3 is 0 Å². The van der Waals surface area contributed by atoms with E-state index in [2.05, 4.69) is 32.4 Å². The van der Waals surface area contributed by atoms with Crippen molar-refractivity contribution in [1.82, 2.24) is 19.9 Å². The predicted molar refractivity (Wildman–Crippen MR) is 132 cm³/mol. The SMILES string of the molecule is CC#CCn1c(N2CCCC(N)C2)nc(NC)c1C(=O)NCc1nc(=O)c2ccccc2s1. The molecule has 1 amide bonds. The number of aromatic nitrogens is 3. The second-order valence-electron chi connectivity index (χ2n) is 7.81. The van der Waals surface area contributed by atoms with Crippen LogP contribution in [0.4, 0.5) is 11.8 Å². The lowest BCUT2D eigenvalue weighted by Crippen LogP contribution is -2.44. The van der Waals surface area contributed by atoms with Crippen molar-refractivity contribution in [3.8, 4) is 11.8 Å². The van der Waals surface area contributed by atoms with Gasteiger partial charge in [-0.25, -0.2) is 4.98 Å². The monoisotopic (exact) mass is 465 g/mol. The molecule has 10 heteroatoms. The normalized spacial score (nSPS) is 15.7. The Morgan fingerprint density at radius 1 is 1.33 bits per heavy atom. The molecule has 2 aromatic heterocycles. The van der Waals surface area contributed by atoms with Crippen molar-refractivity contribution < 1.29 is 4.79 Å². The van der Waals surface area contributed by atoms with Crippen LogP contribution in [0, 0.1) is 11.8 Å². The minimum absolute atomic E-state index is 0.0678. The van der Waals surface area contributed by atoms with Gasteiger partial charge in [0.15, 0.2) is 11.5 Å².